The summed E-state index contributed by atoms with van der Waals surface area (Å²) in [5.41, 5.74) is 0. The summed E-state index contributed by atoms with van der Waals surface area (Å²) < 4.78 is 0. The quantitative estimate of drug-likeness (QED) is 0.600. The van der Waals surface area contributed by atoms with Gasteiger partial charge in [0, 0.05) is 6.54 Å². The Morgan fingerprint density at radius 3 is 2.88 bits per heavy atom. The van der Waals surface area contributed by atoms with Crippen LogP contribution >= 0.6 is 23.4 Å². The van der Waals surface area contributed by atoms with Crippen molar-refractivity contribution in [3.05, 3.63) is 11.2 Å². The summed E-state index contributed by atoms with van der Waals surface area (Å²) in [7, 11) is 0. The van der Waals surface area contributed by atoms with Crippen molar-refractivity contribution in [2.45, 2.75) is 38.6 Å². The number of nitrogens with one attached hydrogen (secondary N) is 1. The third kappa shape index (κ3) is 5.59. The maximum Gasteiger partial charge on any atom is 0.223 e. The van der Waals surface area contributed by atoms with E-state index in [9.17, 15) is 0 Å². The van der Waals surface area contributed by atoms with E-state index < -0.39 is 0 Å². The molecule has 0 aromatic carbocycles. The van der Waals surface area contributed by atoms with Gasteiger partial charge in [-0.3, -0.25) is 0 Å². The average Bonchev–Trinajstić information content (AvgIpc) is 2.29. The monoisotopic (exact) mass is 273 g/mol. The van der Waals surface area contributed by atoms with Gasteiger partial charge < -0.3 is 5.32 Å². The van der Waals surface area contributed by atoms with Crippen molar-refractivity contribution >= 4 is 29.3 Å². The number of aromatic nitrogens is 2. The molecule has 0 amide bonds. The summed E-state index contributed by atoms with van der Waals surface area (Å²) in [5, 5.41) is 4.68. The van der Waals surface area contributed by atoms with Gasteiger partial charge in [0.15, 0.2) is 0 Å². The van der Waals surface area contributed by atoms with E-state index in [-0.39, 0.29) is 0 Å². The van der Waals surface area contributed by atoms with E-state index in [1.807, 2.05) is 0 Å². The fraction of sp³-hybridized carbons (Fsp3) is 0.667. The Kier molecular flexibility index (Phi) is 6.66. The fourth-order valence-electron chi connectivity index (χ4n) is 1.17. The largest absolute Gasteiger partial charge is 0.354 e. The number of hydrogen-bond acceptors (Lipinski definition) is 4. The van der Waals surface area contributed by atoms with E-state index in [2.05, 4.69) is 36.1 Å². The highest BCUT2D eigenvalue weighted by molar-refractivity contribution is 7.99. The number of rotatable bonds is 7. The van der Waals surface area contributed by atoms with Gasteiger partial charge in [-0.1, -0.05) is 32.4 Å². The second-order valence-electron chi connectivity index (χ2n) is 4.30. The smallest absolute Gasteiger partial charge is 0.223 e. The van der Waals surface area contributed by atoms with Crippen LogP contribution in [0.4, 0.5) is 5.95 Å². The van der Waals surface area contributed by atoms with E-state index in [0.29, 0.717) is 16.9 Å². The van der Waals surface area contributed by atoms with Gasteiger partial charge in [-0.25, -0.2) is 9.97 Å². The van der Waals surface area contributed by atoms with Crippen molar-refractivity contribution in [2.75, 3.05) is 17.6 Å². The van der Waals surface area contributed by atoms with Gasteiger partial charge in [0.05, 0.1) is 11.2 Å². The molecule has 96 valence electrons. The predicted molar refractivity (Wildman–Crippen MR) is 76.0 cm³/mol. The Morgan fingerprint density at radius 1 is 1.47 bits per heavy atom. The zero-order valence-electron chi connectivity index (χ0n) is 10.7. The molecule has 0 radical (unpaired) electrons. The lowest BCUT2D eigenvalue weighted by Gasteiger charge is -2.07. The van der Waals surface area contributed by atoms with Crippen molar-refractivity contribution in [1.82, 2.24) is 9.97 Å². The molecule has 0 aliphatic heterocycles. The topological polar surface area (TPSA) is 37.8 Å². The number of nitrogens with zero attached hydrogens (tertiary/aromatic N) is 2. The molecule has 0 aliphatic carbocycles. The van der Waals surface area contributed by atoms with Crippen LogP contribution in [-0.4, -0.2) is 22.3 Å². The molecule has 0 spiro atoms. The van der Waals surface area contributed by atoms with Crippen molar-refractivity contribution in [3.8, 4) is 0 Å². The van der Waals surface area contributed by atoms with Crippen LogP contribution in [0.5, 0.6) is 0 Å². The molecule has 0 aliphatic rings. The first kappa shape index (κ1) is 14.6. The molecule has 1 aromatic heterocycles. The first-order chi connectivity index (χ1) is 8.13. The second-order valence-corrected chi connectivity index (χ2v) is 5.80. The first-order valence-electron chi connectivity index (χ1n) is 6.02. The van der Waals surface area contributed by atoms with E-state index in [1.54, 1.807) is 18.0 Å². The van der Waals surface area contributed by atoms with Crippen LogP contribution in [0.15, 0.2) is 11.2 Å². The Morgan fingerprint density at radius 2 is 2.24 bits per heavy atom. The van der Waals surface area contributed by atoms with E-state index >= 15 is 0 Å². The number of anilines is 1. The maximum absolute atomic E-state index is 6.07. The molecule has 1 N–H and O–H groups in total. The standard InChI is InChI=1S/C12H20ClN3S/c1-4-6-14-12-15-8-10(13)11(16-12)17-7-5-9(2)3/h8-9H,4-7H2,1-3H3,(H,14,15,16). The van der Waals surface area contributed by atoms with E-state index in [4.69, 9.17) is 11.6 Å². The van der Waals surface area contributed by atoms with Gasteiger partial charge in [-0.05, 0) is 24.5 Å². The molecule has 1 aromatic rings. The molecule has 0 bridgehead atoms. The van der Waals surface area contributed by atoms with Gasteiger partial charge >= 0.3 is 0 Å². The van der Waals surface area contributed by atoms with Crippen LogP contribution in [0.25, 0.3) is 0 Å². The lowest BCUT2D eigenvalue weighted by atomic mass is 10.2. The Bertz CT molecular complexity index is 345. The second kappa shape index (κ2) is 7.77. The highest BCUT2D eigenvalue weighted by Gasteiger charge is 2.06. The van der Waals surface area contributed by atoms with Crippen LogP contribution in [0, 0.1) is 5.92 Å². The summed E-state index contributed by atoms with van der Waals surface area (Å²) in [6.07, 6.45) is 3.90. The molecular formula is C12H20ClN3S. The van der Waals surface area contributed by atoms with Crippen LogP contribution in [0.2, 0.25) is 5.02 Å². The van der Waals surface area contributed by atoms with Gasteiger partial charge in [0.25, 0.3) is 0 Å². The summed E-state index contributed by atoms with van der Waals surface area (Å²) in [4.78, 5) is 8.57. The number of thioether (sulfide) groups is 1. The molecule has 1 heterocycles. The molecular weight excluding hydrogens is 254 g/mol. The fourth-order valence-corrected chi connectivity index (χ4v) is 2.54. The predicted octanol–water partition coefficient (Wildman–Crippen LogP) is 4.09. The molecule has 0 unspecified atom stereocenters. The van der Waals surface area contributed by atoms with Crippen LogP contribution in [0.3, 0.4) is 0 Å². The normalized spacial score (nSPS) is 10.9. The van der Waals surface area contributed by atoms with E-state index in [1.165, 1.54) is 6.42 Å². The van der Waals surface area contributed by atoms with Gasteiger partial charge in [0.2, 0.25) is 5.95 Å². The third-order valence-electron chi connectivity index (χ3n) is 2.18. The Balaban J connectivity index is 2.56. The summed E-state index contributed by atoms with van der Waals surface area (Å²) >= 11 is 7.77. The van der Waals surface area contributed by atoms with Crippen molar-refractivity contribution in [1.29, 1.82) is 0 Å². The molecule has 0 fully saturated rings. The van der Waals surface area contributed by atoms with Gasteiger partial charge in [-0.2, -0.15) is 0 Å². The minimum Gasteiger partial charge on any atom is -0.354 e. The van der Waals surface area contributed by atoms with Crippen molar-refractivity contribution in [3.63, 3.8) is 0 Å². The summed E-state index contributed by atoms with van der Waals surface area (Å²) in [5.74, 6) is 2.42. The molecule has 5 heteroatoms. The zero-order valence-corrected chi connectivity index (χ0v) is 12.2. The molecule has 1 rings (SSSR count). The molecule has 0 atom stereocenters. The minimum absolute atomic E-state index is 0.640. The first-order valence-corrected chi connectivity index (χ1v) is 7.39. The van der Waals surface area contributed by atoms with Gasteiger partial charge in [-0.15, -0.1) is 11.8 Å². The number of halogens is 1. The molecule has 0 saturated carbocycles. The minimum atomic E-state index is 0.640. The number of hydrogen-bond donors (Lipinski definition) is 1. The van der Waals surface area contributed by atoms with Crippen molar-refractivity contribution in [2.24, 2.45) is 5.92 Å². The highest BCUT2D eigenvalue weighted by Crippen LogP contribution is 2.26. The van der Waals surface area contributed by atoms with Crippen LogP contribution in [-0.2, 0) is 0 Å². The highest BCUT2D eigenvalue weighted by atomic mass is 35.5. The lowest BCUT2D eigenvalue weighted by Crippen LogP contribution is -2.04. The molecule has 3 nitrogen and oxygen atoms in total. The Hall–Kier alpha value is -0.480. The SMILES string of the molecule is CCCNc1ncc(Cl)c(SCCC(C)C)n1. The molecule has 0 saturated heterocycles. The zero-order chi connectivity index (χ0) is 12.7. The van der Waals surface area contributed by atoms with Crippen LogP contribution in [0.1, 0.15) is 33.6 Å². The maximum atomic E-state index is 6.07. The van der Waals surface area contributed by atoms with Gasteiger partial charge in [0.1, 0.15) is 5.03 Å². The molecule has 17 heavy (non-hydrogen) atoms. The third-order valence-corrected chi connectivity index (χ3v) is 3.59. The summed E-state index contributed by atoms with van der Waals surface area (Å²) in [6.45, 7) is 7.44. The van der Waals surface area contributed by atoms with Crippen LogP contribution < -0.4 is 5.32 Å². The van der Waals surface area contributed by atoms with E-state index in [0.717, 1.165) is 23.7 Å². The average molecular weight is 274 g/mol. The summed E-state index contributed by atoms with van der Waals surface area (Å²) in [6, 6.07) is 0. The lowest BCUT2D eigenvalue weighted by molar-refractivity contribution is 0.632. The van der Waals surface area contributed by atoms with Crippen molar-refractivity contribution < 1.29 is 0 Å². The Labute approximate surface area is 113 Å².